The number of aliphatic hydroxyl groups excluding tert-OH is 1. The zero-order valence-electron chi connectivity index (χ0n) is 6.35. The molecule has 0 bridgehead atoms. The summed E-state index contributed by atoms with van der Waals surface area (Å²) in [5.41, 5.74) is 3.18. The van der Waals surface area contributed by atoms with Crippen LogP contribution in [0.5, 0.6) is 0 Å². The second kappa shape index (κ2) is 2.24. The van der Waals surface area contributed by atoms with Crippen molar-refractivity contribution < 1.29 is 9.84 Å². The highest BCUT2D eigenvalue weighted by atomic mass is 16.6. The molecule has 0 amide bonds. The summed E-state index contributed by atoms with van der Waals surface area (Å²) in [6.07, 6.45) is -0.495. The fraction of sp³-hybridized carbons (Fsp3) is 0.625. The predicted molar refractivity (Wildman–Crippen MR) is 38.7 cm³/mol. The van der Waals surface area contributed by atoms with Crippen molar-refractivity contribution in [2.24, 2.45) is 0 Å². The number of rotatable bonds is 2. The molecule has 1 heterocycles. The Hall–Kier alpha value is -0.560. The monoisotopic (exact) mass is 140 g/mol. The van der Waals surface area contributed by atoms with Crippen LogP contribution < -0.4 is 0 Å². The van der Waals surface area contributed by atoms with E-state index in [1.54, 1.807) is 6.92 Å². The van der Waals surface area contributed by atoms with Crippen molar-refractivity contribution in [3.63, 3.8) is 0 Å². The maximum Gasteiger partial charge on any atom is 0.120 e. The van der Waals surface area contributed by atoms with Crippen LogP contribution in [0.2, 0.25) is 0 Å². The van der Waals surface area contributed by atoms with Gasteiger partial charge in [-0.05, 0) is 13.8 Å². The van der Waals surface area contributed by atoms with Crippen LogP contribution in [0.25, 0.3) is 0 Å². The van der Waals surface area contributed by atoms with E-state index in [-0.39, 0.29) is 5.60 Å². The molecule has 2 atom stereocenters. The van der Waals surface area contributed by atoms with Crippen LogP contribution in [0, 0.1) is 0 Å². The molecule has 0 saturated carbocycles. The molecule has 1 fully saturated rings. The Kier molecular flexibility index (Phi) is 1.69. The maximum absolute atomic E-state index is 9.17. The number of aliphatic hydroxyl groups is 1. The number of epoxide rings is 1. The van der Waals surface area contributed by atoms with Crippen LogP contribution in [0.15, 0.2) is 17.9 Å². The summed E-state index contributed by atoms with van der Waals surface area (Å²) in [5, 5.41) is 9.17. The molecule has 1 saturated heterocycles. The van der Waals surface area contributed by atoms with Crippen molar-refractivity contribution in [3.05, 3.63) is 17.9 Å². The van der Waals surface area contributed by atoms with Crippen molar-refractivity contribution in [1.29, 1.82) is 0 Å². The minimum absolute atomic E-state index is 0.268. The van der Waals surface area contributed by atoms with E-state index < -0.39 is 6.10 Å². The van der Waals surface area contributed by atoms with Crippen LogP contribution in [-0.2, 0) is 4.74 Å². The van der Waals surface area contributed by atoms with Gasteiger partial charge in [-0.25, -0.2) is 0 Å². The molecule has 1 N–H and O–H groups in total. The van der Waals surface area contributed by atoms with Crippen LogP contribution in [0.1, 0.15) is 13.8 Å². The zero-order valence-corrected chi connectivity index (χ0v) is 6.35. The minimum Gasteiger partial charge on any atom is -0.388 e. The molecule has 1 aliphatic rings. The van der Waals surface area contributed by atoms with E-state index >= 15 is 0 Å². The summed E-state index contributed by atoms with van der Waals surface area (Å²) in [6.45, 7) is 7.78. The Bertz CT molecular complexity index is 183. The summed E-state index contributed by atoms with van der Waals surface area (Å²) in [6, 6.07) is 0. The standard InChI is InChI=1S/C8H12O2/c1-4-7(6(2)9)8(3)5-10-8/h6,9H,1,5H2,2-3H3. The fourth-order valence-corrected chi connectivity index (χ4v) is 1.04. The molecule has 1 aliphatic heterocycles. The Labute approximate surface area is 60.8 Å². The van der Waals surface area contributed by atoms with E-state index in [2.05, 4.69) is 12.3 Å². The average molecular weight is 140 g/mol. The van der Waals surface area contributed by atoms with E-state index in [1.165, 1.54) is 0 Å². The third-order valence-electron chi connectivity index (χ3n) is 1.76. The van der Waals surface area contributed by atoms with E-state index in [0.29, 0.717) is 6.61 Å². The number of ether oxygens (including phenoxy) is 1. The molecule has 0 aromatic heterocycles. The lowest BCUT2D eigenvalue weighted by Gasteiger charge is -2.10. The summed E-state index contributed by atoms with van der Waals surface area (Å²) < 4.78 is 5.11. The van der Waals surface area contributed by atoms with Crippen LogP contribution in [0.4, 0.5) is 0 Å². The van der Waals surface area contributed by atoms with E-state index in [1.807, 2.05) is 6.92 Å². The molecule has 2 unspecified atom stereocenters. The van der Waals surface area contributed by atoms with Crippen molar-refractivity contribution in [2.45, 2.75) is 25.6 Å². The molecular weight excluding hydrogens is 128 g/mol. The predicted octanol–water partition coefficient (Wildman–Crippen LogP) is 0.867. The van der Waals surface area contributed by atoms with Gasteiger partial charge < -0.3 is 9.84 Å². The highest BCUT2D eigenvalue weighted by molar-refractivity contribution is 5.23. The third-order valence-corrected chi connectivity index (χ3v) is 1.76. The Balaban J connectivity index is 2.77. The molecule has 56 valence electrons. The molecule has 0 aromatic carbocycles. The second-order valence-electron chi connectivity index (χ2n) is 2.79. The van der Waals surface area contributed by atoms with E-state index in [4.69, 9.17) is 9.84 Å². The first-order valence-corrected chi connectivity index (χ1v) is 3.32. The molecule has 0 aliphatic carbocycles. The second-order valence-corrected chi connectivity index (χ2v) is 2.79. The van der Waals surface area contributed by atoms with Gasteiger partial charge in [0, 0.05) is 5.57 Å². The van der Waals surface area contributed by atoms with Crippen molar-refractivity contribution in [1.82, 2.24) is 0 Å². The van der Waals surface area contributed by atoms with Gasteiger partial charge in [-0.3, -0.25) is 0 Å². The topological polar surface area (TPSA) is 32.8 Å². The quantitative estimate of drug-likeness (QED) is 0.456. The molecular formula is C8H12O2. The highest BCUT2D eigenvalue weighted by Crippen LogP contribution is 2.35. The van der Waals surface area contributed by atoms with Gasteiger partial charge >= 0.3 is 0 Å². The molecule has 1 rings (SSSR count). The number of hydrogen-bond acceptors (Lipinski definition) is 2. The van der Waals surface area contributed by atoms with Gasteiger partial charge in [0.1, 0.15) is 5.60 Å². The van der Waals surface area contributed by atoms with Crippen LogP contribution in [-0.4, -0.2) is 23.4 Å². The van der Waals surface area contributed by atoms with E-state index in [9.17, 15) is 0 Å². The SMILES string of the molecule is C=C=C(C(C)O)C1(C)CO1. The van der Waals surface area contributed by atoms with Gasteiger partial charge in [-0.15, -0.1) is 5.73 Å². The normalized spacial score (nSPS) is 32.7. The zero-order chi connectivity index (χ0) is 7.78. The maximum atomic E-state index is 9.17. The van der Waals surface area contributed by atoms with Gasteiger partial charge in [-0.2, -0.15) is 0 Å². The van der Waals surface area contributed by atoms with Crippen molar-refractivity contribution in [3.8, 4) is 0 Å². The van der Waals surface area contributed by atoms with Crippen LogP contribution >= 0.6 is 0 Å². The molecule has 0 aromatic rings. The lowest BCUT2D eigenvalue weighted by molar-refractivity contribution is 0.205. The van der Waals surface area contributed by atoms with Crippen LogP contribution in [0.3, 0.4) is 0 Å². The summed E-state index contributed by atoms with van der Waals surface area (Å²) in [4.78, 5) is 0. The number of hydrogen-bond donors (Lipinski definition) is 1. The van der Waals surface area contributed by atoms with Gasteiger partial charge in [0.25, 0.3) is 0 Å². The van der Waals surface area contributed by atoms with Gasteiger partial charge in [0.2, 0.25) is 0 Å². The molecule has 2 nitrogen and oxygen atoms in total. The lowest BCUT2D eigenvalue weighted by Crippen LogP contribution is -2.18. The third kappa shape index (κ3) is 1.14. The first-order chi connectivity index (χ1) is 4.60. The Morgan fingerprint density at radius 1 is 1.90 bits per heavy atom. The van der Waals surface area contributed by atoms with Gasteiger partial charge in [0.05, 0.1) is 12.7 Å². The smallest absolute Gasteiger partial charge is 0.120 e. The summed E-state index contributed by atoms with van der Waals surface area (Å²) >= 11 is 0. The first kappa shape index (κ1) is 7.55. The fourth-order valence-electron chi connectivity index (χ4n) is 1.04. The lowest BCUT2D eigenvalue weighted by atomic mass is 9.99. The van der Waals surface area contributed by atoms with Crippen molar-refractivity contribution >= 4 is 0 Å². The van der Waals surface area contributed by atoms with E-state index in [0.717, 1.165) is 5.57 Å². The Morgan fingerprint density at radius 3 is 2.50 bits per heavy atom. The molecule has 2 heteroatoms. The van der Waals surface area contributed by atoms with Gasteiger partial charge in [0.15, 0.2) is 0 Å². The van der Waals surface area contributed by atoms with Crippen molar-refractivity contribution in [2.75, 3.05) is 6.61 Å². The Morgan fingerprint density at radius 2 is 2.40 bits per heavy atom. The summed E-state index contributed by atoms with van der Waals surface area (Å²) in [5.74, 6) is 0. The summed E-state index contributed by atoms with van der Waals surface area (Å²) in [7, 11) is 0. The average Bonchev–Trinajstić information content (AvgIpc) is 2.49. The minimum atomic E-state index is -0.495. The van der Waals surface area contributed by atoms with Gasteiger partial charge in [-0.1, -0.05) is 6.58 Å². The molecule has 10 heavy (non-hydrogen) atoms. The highest BCUT2D eigenvalue weighted by Gasteiger charge is 2.44. The largest absolute Gasteiger partial charge is 0.388 e. The first-order valence-electron chi connectivity index (χ1n) is 3.32. The molecule has 0 spiro atoms. The molecule has 0 radical (unpaired) electrons.